The molecule has 20 heavy (non-hydrogen) atoms. The van der Waals surface area contributed by atoms with Gasteiger partial charge < -0.3 is 9.32 Å². The van der Waals surface area contributed by atoms with E-state index in [1.165, 1.54) is 0 Å². The number of hydrogen-bond acceptors (Lipinski definition) is 2. The average molecular weight is 267 g/mol. The standard InChI is InChI=1S/C17H17NO2/c1-2-13-11-16(19)18(12-13)17(15-9-6-10-20-15)14-7-4-3-5-8-14/h2-10,13,17H,1,11-12H2. The number of furan rings is 1. The Labute approximate surface area is 118 Å². The minimum Gasteiger partial charge on any atom is -0.467 e. The van der Waals surface area contributed by atoms with E-state index in [-0.39, 0.29) is 17.9 Å². The lowest BCUT2D eigenvalue weighted by Gasteiger charge is -2.27. The normalized spacial score (nSPS) is 20.1. The number of carbonyl (C=O) groups excluding carboxylic acids is 1. The van der Waals surface area contributed by atoms with Gasteiger partial charge in [-0.2, -0.15) is 0 Å². The Morgan fingerprint density at radius 3 is 2.65 bits per heavy atom. The van der Waals surface area contributed by atoms with Crippen LogP contribution in [0.25, 0.3) is 0 Å². The zero-order valence-electron chi connectivity index (χ0n) is 11.2. The molecular weight excluding hydrogens is 250 g/mol. The van der Waals surface area contributed by atoms with Gasteiger partial charge in [-0.3, -0.25) is 4.79 Å². The van der Waals surface area contributed by atoms with E-state index in [4.69, 9.17) is 4.42 Å². The number of likely N-dealkylation sites (tertiary alicyclic amines) is 1. The van der Waals surface area contributed by atoms with E-state index in [1.54, 1.807) is 6.26 Å². The van der Waals surface area contributed by atoms with Crippen LogP contribution in [-0.2, 0) is 4.79 Å². The summed E-state index contributed by atoms with van der Waals surface area (Å²) in [6.45, 7) is 4.50. The molecule has 0 saturated carbocycles. The Bertz CT molecular complexity index is 589. The van der Waals surface area contributed by atoms with Crippen LogP contribution in [0.3, 0.4) is 0 Å². The Morgan fingerprint density at radius 2 is 2.05 bits per heavy atom. The molecule has 2 atom stereocenters. The lowest BCUT2D eigenvalue weighted by Crippen LogP contribution is -2.30. The summed E-state index contributed by atoms with van der Waals surface area (Å²) in [7, 11) is 0. The van der Waals surface area contributed by atoms with Gasteiger partial charge >= 0.3 is 0 Å². The first-order chi connectivity index (χ1) is 9.79. The van der Waals surface area contributed by atoms with Crippen LogP contribution in [0, 0.1) is 5.92 Å². The third-order valence-electron chi connectivity index (χ3n) is 3.76. The second-order valence-electron chi connectivity index (χ2n) is 5.07. The van der Waals surface area contributed by atoms with Crippen molar-refractivity contribution in [2.45, 2.75) is 12.5 Å². The minimum atomic E-state index is -0.149. The van der Waals surface area contributed by atoms with Crippen LogP contribution in [-0.4, -0.2) is 17.4 Å². The highest BCUT2D eigenvalue weighted by Gasteiger charge is 2.35. The van der Waals surface area contributed by atoms with Crippen molar-refractivity contribution in [3.8, 4) is 0 Å². The Kier molecular flexibility index (Phi) is 3.42. The summed E-state index contributed by atoms with van der Waals surface area (Å²) in [5, 5.41) is 0. The van der Waals surface area contributed by atoms with Crippen molar-refractivity contribution in [1.29, 1.82) is 0 Å². The van der Waals surface area contributed by atoms with E-state index < -0.39 is 0 Å². The molecule has 0 radical (unpaired) electrons. The van der Waals surface area contributed by atoms with E-state index in [0.29, 0.717) is 13.0 Å². The molecule has 102 valence electrons. The molecule has 3 nitrogen and oxygen atoms in total. The maximum atomic E-state index is 12.3. The average Bonchev–Trinajstić information content (AvgIpc) is 3.11. The third-order valence-corrected chi connectivity index (χ3v) is 3.76. The maximum Gasteiger partial charge on any atom is 0.224 e. The van der Waals surface area contributed by atoms with Gasteiger partial charge in [-0.25, -0.2) is 0 Å². The SMILES string of the molecule is C=CC1CC(=O)N(C(c2ccccc2)c2ccco2)C1. The molecule has 0 spiro atoms. The number of nitrogens with zero attached hydrogens (tertiary/aromatic N) is 1. The van der Waals surface area contributed by atoms with Gasteiger partial charge in [0, 0.05) is 18.9 Å². The highest BCUT2D eigenvalue weighted by atomic mass is 16.3. The van der Waals surface area contributed by atoms with Crippen LogP contribution in [0.1, 0.15) is 23.8 Å². The molecule has 1 aliphatic rings. The molecule has 1 aromatic heterocycles. The summed E-state index contributed by atoms with van der Waals surface area (Å²) in [6.07, 6.45) is 4.05. The Balaban J connectivity index is 1.99. The van der Waals surface area contributed by atoms with E-state index in [0.717, 1.165) is 11.3 Å². The van der Waals surface area contributed by atoms with Gasteiger partial charge in [-0.05, 0) is 17.7 Å². The Hall–Kier alpha value is -2.29. The number of amides is 1. The smallest absolute Gasteiger partial charge is 0.224 e. The van der Waals surface area contributed by atoms with Crippen molar-refractivity contribution in [2.24, 2.45) is 5.92 Å². The predicted octanol–water partition coefficient (Wildman–Crippen LogP) is 3.40. The molecule has 1 fully saturated rings. The molecule has 3 heteroatoms. The van der Waals surface area contributed by atoms with Crippen molar-refractivity contribution in [3.05, 3.63) is 72.7 Å². The van der Waals surface area contributed by atoms with Gasteiger partial charge in [0.15, 0.2) is 0 Å². The number of benzene rings is 1. The largest absolute Gasteiger partial charge is 0.467 e. The van der Waals surface area contributed by atoms with Crippen molar-refractivity contribution in [2.75, 3.05) is 6.54 Å². The fourth-order valence-corrected chi connectivity index (χ4v) is 2.75. The second kappa shape index (κ2) is 5.37. The van der Waals surface area contributed by atoms with Crippen molar-refractivity contribution in [1.82, 2.24) is 4.90 Å². The van der Waals surface area contributed by atoms with E-state index >= 15 is 0 Å². The number of hydrogen-bond donors (Lipinski definition) is 0. The molecule has 2 heterocycles. The molecule has 1 aliphatic heterocycles. The first-order valence-electron chi connectivity index (χ1n) is 6.80. The molecule has 2 aromatic rings. The minimum absolute atomic E-state index is 0.149. The topological polar surface area (TPSA) is 33.5 Å². The zero-order valence-corrected chi connectivity index (χ0v) is 11.2. The van der Waals surface area contributed by atoms with Gasteiger partial charge in [0.05, 0.1) is 6.26 Å². The molecular formula is C17H17NO2. The quantitative estimate of drug-likeness (QED) is 0.795. The summed E-state index contributed by atoms with van der Waals surface area (Å²) >= 11 is 0. The highest BCUT2D eigenvalue weighted by Crippen LogP contribution is 2.34. The molecule has 0 aliphatic carbocycles. The van der Waals surface area contributed by atoms with Crippen molar-refractivity contribution >= 4 is 5.91 Å². The highest BCUT2D eigenvalue weighted by molar-refractivity contribution is 5.80. The van der Waals surface area contributed by atoms with Gasteiger partial charge in [-0.1, -0.05) is 36.4 Å². The van der Waals surface area contributed by atoms with E-state index in [2.05, 4.69) is 6.58 Å². The zero-order chi connectivity index (χ0) is 13.9. The van der Waals surface area contributed by atoms with E-state index in [9.17, 15) is 4.79 Å². The maximum absolute atomic E-state index is 12.3. The molecule has 3 rings (SSSR count). The summed E-state index contributed by atoms with van der Waals surface area (Å²) < 4.78 is 5.56. The molecule has 0 bridgehead atoms. The lowest BCUT2D eigenvalue weighted by molar-refractivity contribution is -0.129. The summed E-state index contributed by atoms with van der Waals surface area (Å²) in [4.78, 5) is 14.2. The molecule has 2 unspecified atom stereocenters. The van der Waals surface area contributed by atoms with Gasteiger partial charge in [0.2, 0.25) is 5.91 Å². The second-order valence-corrected chi connectivity index (χ2v) is 5.07. The molecule has 1 saturated heterocycles. The summed E-state index contributed by atoms with van der Waals surface area (Å²) in [5.74, 6) is 1.18. The molecule has 1 aromatic carbocycles. The first-order valence-corrected chi connectivity index (χ1v) is 6.80. The van der Waals surface area contributed by atoms with Crippen LogP contribution >= 0.6 is 0 Å². The predicted molar refractivity (Wildman–Crippen MR) is 77.0 cm³/mol. The van der Waals surface area contributed by atoms with Crippen LogP contribution in [0.5, 0.6) is 0 Å². The number of rotatable bonds is 4. The Morgan fingerprint density at radius 1 is 1.25 bits per heavy atom. The van der Waals surface area contributed by atoms with Crippen LogP contribution in [0.2, 0.25) is 0 Å². The van der Waals surface area contributed by atoms with Gasteiger partial charge in [0.25, 0.3) is 0 Å². The molecule has 1 amide bonds. The van der Waals surface area contributed by atoms with Gasteiger partial charge in [0.1, 0.15) is 11.8 Å². The van der Waals surface area contributed by atoms with E-state index in [1.807, 2.05) is 53.4 Å². The summed E-state index contributed by atoms with van der Waals surface area (Å²) in [6, 6.07) is 13.6. The lowest BCUT2D eigenvalue weighted by atomic mass is 10.0. The molecule has 0 N–H and O–H groups in total. The first kappa shape index (κ1) is 12.7. The summed E-state index contributed by atoms with van der Waals surface area (Å²) in [5.41, 5.74) is 1.07. The van der Waals surface area contributed by atoms with Crippen molar-refractivity contribution < 1.29 is 9.21 Å². The monoisotopic (exact) mass is 267 g/mol. The van der Waals surface area contributed by atoms with Crippen LogP contribution < -0.4 is 0 Å². The fourth-order valence-electron chi connectivity index (χ4n) is 2.75. The number of carbonyl (C=O) groups is 1. The third kappa shape index (κ3) is 2.27. The van der Waals surface area contributed by atoms with Gasteiger partial charge in [-0.15, -0.1) is 6.58 Å². The van der Waals surface area contributed by atoms with Crippen molar-refractivity contribution in [3.63, 3.8) is 0 Å². The van der Waals surface area contributed by atoms with Crippen LogP contribution in [0.4, 0.5) is 0 Å². The fraction of sp³-hybridized carbons (Fsp3) is 0.235. The van der Waals surface area contributed by atoms with Crippen LogP contribution in [0.15, 0.2) is 65.8 Å².